The Bertz CT molecular complexity index is 559. The van der Waals surface area contributed by atoms with Gasteiger partial charge in [0.05, 0.1) is 11.4 Å². The van der Waals surface area contributed by atoms with Crippen molar-refractivity contribution in [1.29, 1.82) is 0 Å². The van der Waals surface area contributed by atoms with E-state index >= 15 is 0 Å². The number of aromatic nitrogens is 2. The first-order valence-corrected chi connectivity index (χ1v) is 6.64. The van der Waals surface area contributed by atoms with Crippen LogP contribution in [0.1, 0.15) is 10.4 Å². The lowest BCUT2D eigenvalue weighted by atomic mass is 10.1. The minimum Gasteiger partial charge on any atom is -0.353 e. The molecule has 1 aliphatic rings. The fraction of sp³-hybridized carbons (Fsp3) is 0.500. The van der Waals surface area contributed by atoms with Gasteiger partial charge in [-0.15, -0.1) is 11.3 Å². The predicted molar refractivity (Wildman–Crippen MR) is 71.9 cm³/mol. The summed E-state index contributed by atoms with van der Waals surface area (Å²) in [5.41, 5.74) is 1.32. The summed E-state index contributed by atoms with van der Waals surface area (Å²) in [5, 5.41) is 4.52. The van der Waals surface area contributed by atoms with Gasteiger partial charge in [0.25, 0.3) is 0 Å². The largest absolute Gasteiger partial charge is 0.353 e. The topological polar surface area (TPSA) is 41.1 Å². The Hall–Kier alpha value is -1.20. The molecule has 1 saturated heterocycles. The summed E-state index contributed by atoms with van der Waals surface area (Å²) in [6, 6.07) is 0.563. The Morgan fingerprint density at radius 3 is 2.76 bits per heavy atom. The average Bonchev–Trinajstić information content (AvgIpc) is 2.52. The van der Waals surface area contributed by atoms with Crippen LogP contribution in [0.5, 0.6) is 0 Å². The number of aryl methyl sites for hydroxylation is 2. The van der Waals surface area contributed by atoms with E-state index in [9.17, 15) is 0 Å². The molecule has 0 aliphatic carbocycles. The molecule has 0 bridgehead atoms. The van der Waals surface area contributed by atoms with Crippen molar-refractivity contribution >= 4 is 27.4 Å². The highest BCUT2D eigenvalue weighted by Crippen LogP contribution is 2.34. The number of anilines is 1. The summed E-state index contributed by atoms with van der Waals surface area (Å²) in [6.07, 6.45) is 1.68. The van der Waals surface area contributed by atoms with Crippen molar-refractivity contribution in [3.05, 3.63) is 16.8 Å². The molecule has 4 nitrogen and oxygen atoms in total. The highest BCUT2D eigenvalue weighted by molar-refractivity contribution is 7.18. The lowest BCUT2D eigenvalue weighted by molar-refractivity contribution is 0.427. The fourth-order valence-corrected chi connectivity index (χ4v) is 3.14. The lowest BCUT2D eigenvalue weighted by Crippen LogP contribution is -2.56. The van der Waals surface area contributed by atoms with Crippen LogP contribution in [0.4, 0.5) is 5.82 Å². The van der Waals surface area contributed by atoms with Gasteiger partial charge < -0.3 is 10.2 Å². The summed E-state index contributed by atoms with van der Waals surface area (Å²) in [5.74, 6) is 1.07. The average molecular weight is 248 g/mol. The fourth-order valence-electron chi connectivity index (χ4n) is 2.15. The minimum absolute atomic E-state index is 0.563. The van der Waals surface area contributed by atoms with Gasteiger partial charge in [-0.1, -0.05) is 0 Å². The van der Waals surface area contributed by atoms with Crippen LogP contribution in [0.25, 0.3) is 10.2 Å². The van der Waals surface area contributed by atoms with Gasteiger partial charge in [0.1, 0.15) is 17.0 Å². The van der Waals surface area contributed by atoms with E-state index < -0.39 is 0 Å². The first-order chi connectivity index (χ1) is 8.18. The van der Waals surface area contributed by atoms with Crippen LogP contribution >= 0.6 is 11.3 Å². The number of fused-ring (bicyclic) bond motifs is 1. The molecule has 0 amide bonds. The minimum atomic E-state index is 0.563. The van der Waals surface area contributed by atoms with Crippen molar-refractivity contribution in [2.24, 2.45) is 0 Å². The van der Waals surface area contributed by atoms with E-state index in [-0.39, 0.29) is 0 Å². The van der Waals surface area contributed by atoms with E-state index in [0.717, 1.165) is 23.7 Å². The molecule has 90 valence electrons. The first kappa shape index (κ1) is 10.9. The molecule has 3 heterocycles. The molecule has 3 rings (SSSR count). The molecule has 0 aromatic carbocycles. The molecule has 0 unspecified atom stereocenters. The Morgan fingerprint density at radius 2 is 2.12 bits per heavy atom. The van der Waals surface area contributed by atoms with Crippen LogP contribution in [-0.2, 0) is 0 Å². The molecule has 0 saturated carbocycles. The molecular formula is C12H16N4S. The summed E-state index contributed by atoms with van der Waals surface area (Å²) < 4.78 is 0. The lowest BCUT2D eigenvalue weighted by Gasteiger charge is -2.36. The van der Waals surface area contributed by atoms with Crippen LogP contribution in [0.2, 0.25) is 0 Å². The van der Waals surface area contributed by atoms with Crippen LogP contribution in [-0.4, -0.2) is 36.1 Å². The third kappa shape index (κ3) is 1.61. The zero-order chi connectivity index (χ0) is 12.0. The zero-order valence-corrected chi connectivity index (χ0v) is 11.1. The standard InChI is InChI=1S/C12H16N4S/c1-7-8(2)17-12-10(7)11(14-6-15-12)16(3)9-4-13-5-9/h6,9,13H,4-5H2,1-3H3. The van der Waals surface area contributed by atoms with Crippen molar-refractivity contribution < 1.29 is 0 Å². The SMILES string of the molecule is Cc1sc2ncnc(N(C)C3CNC3)c2c1C. The molecule has 2 aromatic rings. The molecule has 1 N–H and O–H groups in total. The number of hydrogen-bond acceptors (Lipinski definition) is 5. The Kier molecular flexibility index (Phi) is 2.52. The van der Waals surface area contributed by atoms with Gasteiger partial charge in [-0.2, -0.15) is 0 Å². The molecule has 0 spiro atoms. The maximum atomic E-state index is 4.48. The summed E-state index contributed by atoms with van der Waals surface area (Å²) in [7, 11) is 2.12. The third-order valence-corrected chi connectivity index (χ3v) is 4.70. The Labute approximate surface area is 105 Å². The summed E-state index contributed by atoms with van der Waals surface area (Å²) >= 11 is 1.75. The van der Waals surface area contributed by atoms with Crippen LogP contribution in [0, 0.1) is 13.8 Å². The molecular weight excluding hydrogens is 232 g/mol. The van der Waals surface area contributed by atoms with Gasteiger partial charge >= 0.3 is 0 Å². The normalized spacial score (nSPS) is 16.2. The van der Waals surface area contributed by atoms with Crippen molar-refractivity contribution in [1.82, 2.24) is 15.3 Å². The molecule has 0 radical (unpaired) electrons. The quantitative estimate of drug-likeness (QED) is 0.878. The van der Waals surface area contributed by atoms with E-state index in [0.29, 0.717) is 6.04 Å². The number of likely N-dealkylation sites (N-methyl/N-ethyl adjacent to an activating group) is 1. The van der Waals surface area contributed by atoms with Crippen molar-refractivity contribution in [2.75, 3.05) is 25.0 Å². The van der Waals surface area contributed by atoms with Gasteiger partial charge in [0, 0.05) is 25.0 Å². The van der Waals surface area contributed by atoms with E-state index in [1.54, 1.807) is 17.7 Å². The highest BCUT2D eigenvalue weighted by Gasteiger charge is 2.25. The molecule has 1 fully saturated rings. The maximum Gasteiger partial charge on any atom is 0.141 e. The smallest absolute Gasteiger partial charge is 0.141 e. The van der Waals surface area contributed by atoms with Crippen LogP contribution < -0.4 is 10.2 Å². The Morgan fingerprint density at radius 1 is 1.35 bits per heavy atom. The number of nitrogens with one attached hydrogen (secondary N) is 1. The van der Waals surface area contributed by atoms with Crippen LogP contribution in [0.15, 0.2) is 6.33 Å². The summed E-state index contributed by atoms with van der Waals surface area (Å²) in [4.78, 5) is 13.6. The maximum absolute atomic E-state index is 4.48. The van der Waals surface area contributed by atoms with Gasteiger partial charge in [0.2, 0.25) is 0 Å². The van der Waals surface area contributed by atoms with Crippen molar-refractivity contribution in [3.63, 3.8) is 0 Å². The van der Waals surface area contributed by atoms with Gasteiger partial charge in [-0.3, -0.25) is 0 Å². The summed E-state index contributed by atoms with van der Waals surface area (Å²) in [6.45, 7) is 6.40. The molecule has 5 heteroatoms. The molecule has 17 heavy (non-hydrogen) atoms. The molecule has 2 aromatic heterocycles. The van der Waals surface area contributed by atoms with Crippen molar-refractivity contribution in [2.45, 2.75) is 19.9 Å². The number of rotatable bonds is 2. The monoisotopic (exact) mass is 248 g/mol. The van der Waals surface area contributed by atoms with Crippen molar-refractivity contribution in [3.8, 4) is 0 Å². The van der Waals surface area contributed by atoms with E-state index in [2.05, 4.69) is 41.1 Å². The van der Waals surface area contributed by atoms with Gasteiger partial charge in [-0.25, -0.2) is 9.97 Å². The Balaban J connectivity index is 2.14. The van der Waals surface area contributed by atoms with E-state index in [1.165, 1.54) is 15.8 Å². The van der Waals surface area contributed by atoms with E-state index in [4.69, 9.17) is 0 Å². The van der Waals surface area contributed by atoms with Gasteiger partial charge in [-0.05, 0) is 19.4 Å². The number of hydrogen-bond donors (Lipinski definition) is 1. The number of thiophene rings is 1. The number of nitrogens with zero attached hydrogens (tertiary/aromatic N) is 3. The third-order valence-electron chi connectivity index (χ3n) is 3.59. The zero-order valence-electron chi connectivity index (χ0n) is 10.3. The van der Waals surface area contributed by atoms with Gasteiger partial charge in [0.15, 0.2) is 0 Å². The first-order valence-electron chi connectivity index (χ1n) is 5.82. The predicted octanol–water partition coefficient (Wildman–Crippen LogP) is 1.72. The second kappa shape index (κ2) is 3.92. The van der Waals surface area contributed by atoms with Crippen LogP contribution in [0.3, 0.4) is 0 Å². The molecule has 0 atom stereocenters. The highest BCUT2D eigenvalue weighted by atomic mass is 32.1. The second-order valence-electron chi connectivity index (χ2n) is 4.58. The van der Waals surface area contributed by atoms with E-state index in [1.807, 2.05) is 0 Å². The second-order valence-corrected chi connectivity index (χ2v) is 5.79. The molecule has 1 aliphatic heterocycles.